The molecule has 5 nitrogen and oxygen atoms in total. The number of hydrogen-bond donors (Lipinski definition) is 0. The lowest BCUT2D eigenvalue weighted by atomic mass is 9.87. The second-order valence-electron chi connectivity index (χ2n) is 7.58. The summed E-state index contributed by atoms with van der Waals surface area (Å²) in [6, 6.07) is 2.95. The van der Waals surface area contributed by atoms with Crippen molar-refractivity contribution >= 4 is 0 Å². The molecule has 138 valence electrons. The van der Waals surface area contributed by atoms with Crippen molar-refractivity contribution in [3.05, 3.63) is 24.1 Å². The Morgan fingerprint density at radius 1 is 1.28 bits per heavy atom. The van der Waals surface area contributed by atoms with Crippen LogP contribution in [-0.4, -0.2) is 61.0 Å². The van der Waals surface area contributed by atoms with Gasteiger partial charge >= 0.3 is 0 Å². The van der Waals surface area contributed by atoms with E-state index in [0.717, 1.165) is 51.5 Å². The molecule has 0 saturated carbocycles. The molecule has 1 aromatic rings. The Morgan fingerprint density at radius 3 is 2.84 bits per heavy atom. The largest absolute Gasteiger partial charge is 0.470 e. The fraction of sp³-hybridized carbons (Fsp3) is 0.737. The predicted octanol–water partition coefficient (Wildman–Crippen LogP) is 2.65. The SMILES string of the molecule is Fc1cccnc1O[C@H]1COC2(CCN(CC3CCOCC3)CC2)C1. The van der Waals surface area contributed by atoms with Crippen LogP contribution in [0.25, 0.3) is 0 Å². The number of piperidine rings is 1. The molecule has 3 aliphatic heterocycles. The highest BCUT2D eigenvalue weighted by Crippen LogP contribution is 2.37. The molecule has 25 heavy (non-hydrogen) atoms. The molecule has 0 aromatic carbocycles. The first kappa shape index (κ1) is 17.2. The smallest absolute Gasteiger partial charge is 0.250 e. The van der Waals surface area contributed by atoms with Crippen LogP contribution in [0.2, 0.25) is 0 Å². The maximum Gasteiger partial charge on any atom is 0.250 e. The van der Waals surface area contributed by atoms with Crippen molar-refractivity contribution in [2.24, 2.45) is 5.92 Å². The Hall–Kier alpha value is -1.24. The fourth-order valence-corrected chi connectivity index (χ4v) is 4.28. The quantitative estimate of drug-likeness (QED) is 0.835. The molecule has 1 atom stereocenters. The Morgan fingerprint density at radius 2 is 2.08 bits per heavy atom. The summed E-state index contributed by atoms with van der Waals surface area (Å²) in [4.78, 5) is 6.55. The van der Waals surface area contributed by atoms with E-state index in [-0.39, 0.29) is 17.6 Å². The maximum absolute atomic E-state index is 13.7. The summed E-state index contributed by atoms with van der Waals surface area (Å²) in [5, 5.41) is 0. The van der Waals surface area contributed by atoms with Gasteiger partial charge in [0.25, 0.3) is 5.88 Å². The maximum atomic E-state index is 13.7. The van der Waals surface area contributed by atoms with Gasteiger partial charge in [-0.15, -0.1) is 0 Å². The molecule has 0 aliphatic carbocycles. The zero-order valence-corrected chi connectivity index (χ0v) is 14.7. The van der Waals surface area contributed by atoms with Crippen LogP contribution < -0.4 is 4.74 Å². The summed E-state index contributed by atoms with van der Waals surface area (Å²) < 4.78 is 31.0. The van der Waals surface area contributed by atoms with Crippen LogP contribution in [0.4, 0.5) is 4.39 Å². The van der Waals surface area contributed by atoms with Crippen LogP contribution in [0.1, 0.15) is 32.1 Å². The lowest BCUT2D eigenvalue weighted by molar-refractivity contribution is -0.0492. The topological polar surface area (TPSA) is 43.8 Å². The molecule has 0 amide bonds. The Kier molecular flexibility index (Phi) is 5.20. The molecule has 4 heterocycles. The van der Waals surface area contributed by atoms with Gasteiger partial charge in [-0.1, -0.05) is 0 Å². The second-order valence-corrected chi connectivity index (χ2v) is 7.58. The van der Waals surface area contributed by atoms with E-state index in [1.807, 2.05) is 0 Å². The van der Waals surface area contributed by atoms with Crippen molar-refractivity contribution in [1.29, 1.82) is 0 Å². The van der Waals surface area contributed by atoms with Crippen LogP contribution in [0.3, 0.4) is 0 Å². The van der Waals surface area contributed by atoms with Crippen molar-refractivity contribution in [2.45, 2.75) is 43.8 Å². The molecule has 1 spiro atoms. The van der Waals surface area contributed by atoms with Gasteiger partial charge in [-0.05, 0) is 43.7 Å². The van der Waals surface area contributed by atoms with Gasteiger partial charge in [-0.25, -0.2) is 9.37 Å². The number of pyridine rings is 1. The van der Waals surface area contributed by atoms with Crippen LogP contribution >= 0.6 is 0 Å². The molecular formula is C19H27FN2O3. The molecule has 1 aromatic heterocycles. The molecule has 0 unspecified atom stereocenters. The molecule has 4 rings (SSSR count). The van der Waals surface area contributed by atoms with Gasteiger partial charge in [0.15, 0.2) is 5.82 Å². The predicted molar refractivity (Wildman–Crippen MR) is 91.1 cm³/mol. The first-order valence-electron chi connectivity index (χ1n) is 9.44. The van der Waals surface area contributed by atoms with E-state index in [2.05, 4.69) is 9.88 Å². The van der Waals surface area contributed by atoms with Gasteiger partial charge in [-0.3, -0.25) is 0 Å². The lowest BCUT2D eigenvalue weighted by Gasteiger charge is -2.40. The number of halogens is 1. The third-order valence-electron chi connectivity index (χ3n) is 5.80. The minimum Gasteiger partial charge on any atom is -0.470 e. The third-order valence-corrected chi connectivity index (χ3v) is 5.80. The highest BCUT2D eigenvalue weighted by molar-refractivity contribution is 5.13. The second kappa shape index (κ2) is 7.56. The summed E-state index contributed by atoms with van der Waals surface area (Å²) in [6.07, 6.45) is 6.70. The summed E-state index contributed by atoms with van der Waals surface area (Å²) in [5.41, 5.74) is -0.0951. The average Bonchev–Trinajstić information content (AvgIpc) is 3.03. The van der Waals surface area contributed by atoms with E-state index in [1.54, 1.807) is 12.3 Å². The van der Waals surface area contributed by atoms with E-state index in [4.69, 9.17) is 14.2 Å². The molecule has 0 radical (unpaired) electrons. The minimum absolute atomic E-state index is 0.0881. The fourth-order valence-electron chi connectivity index (χ4n) is 4.28. The van der Waals surface area contributed by atoms with Crippen LogP contribution in [0.5, 0.6) is 5.88 Å². The van der Waals surface area contributed by atoms with Crippen molar-refractivity contribution in [3.8, 4) is 5.88 Å². The van der Waals surface area contributed by atoms with E-state index in [0.29, 0.717) is 6.61 Å². The number of likely N-dealkylation sites (tertiary alicyclic amines) is 1. The first-order chi connectivity index (χ1) is 12.2. The van der Waals surface area contributed by atoms with Crippen molar-refractivity contribution in [1.82, 2.24) is 9.88 Å². The molecule has 3 saturated heterocycles. The minimum atomic E-state index is -0.408. The summed E-state index contributed by atoms with van der Waals surface area (Å²) in [5.74, 6) is 0.454. The average molecular weight is 350 g/mol. The van der Waals surface area contributed by atoms with Gasteiger partial charge in [0.1, 0.15) is 6.10 Å². The monoisotopic (exact) mass is 350 g/mol. The van der Waals surface area contributed by atoms with Gasteiger partial charge in [0.05, 0.1) is 12.2 Å². The zero-order chi connectivity index (χ0) is 17.1. The molecule has 3 aliphatic rings. The Bertz CT molecular complexity index is 572. The third kappa shape index (κ3) is 4.13. The summed E-state index contributed by atoms with van der Waals surface area (Å²) in [7, 11) is 0. The number of aromatic nitrogens is 1. The highest BCUT2D eigenvalue weighted by Gasteiger charge is 2.44. The van der Waals surface area contributed by atoms with Crippen molar-refractivity contribution in [3.63, 3.8) is 0 Å². The van der Waals surface area contributed by atoms with Crippen LogP contribution in [0.15, 0.2) is 18.3 Å². The molecule has 3 fully saturated rings. The zero-order valence-electron chi connectivity index (χ0n) is 14.7. The Balaban J connectivity index is 1.26. The van der Waals surface area contributed by atoms with E-state index in [1.165, 1.54) is 25.5 Å². The van der Waals surface area contributed by atoms with E-state index < -0.39 is 5.82 Å². The number of rotatable bonds is 4. The molecule has 6 heteroatoms. The summed E-state index contributed by atoms with van der Waals surface area (Å²) >= 11 is 0. The van der Waals surface area contributed by atoms with E-state index >= 15 is 0 Å². The van der Waals surface area contributed by atoms with E-state index in [9.17, 15) is 4.39 Å². The van der Waals surface area contributed by atoms with Crippen molar-refractivity contribution < 1.29 is 18.6 Å². The van der Waals surface area contributed by atoms with Crippen molar-refractivity contribution in [2.75, 3.05) is 39.5 Å². The van der Waals surface area contributed by atoms with Crippen LogP contribution in [-0.2, 0) is 9.47 Å². The normalized spacial score (nSPS) is 27.6. The van der Waals surface area contributed by atoms with Gasteiger partial charge < -0.3 is 19.1 Å². The molecule has 0 bridgehead atoms. The molecule has 0 N–H and O–H groups in total. The number of nitrogens with zero attached hydrogens (tertiary/aromatic N) is 2. The number of ether oxygens (including phenoxy) is 3. The lowest BCUT2D eigenvalue weighted by Crippen LogP contribution is -2.46. The Labute approximate surface area is 148 Å². The van der Waals surface area contributed by atoms with Crippen LogP contribution in [0, 0.1) is 11.7 Å². The highest BCUT2D eigenvalue weighted by atomic mass is 19.1. The first-order valence-corrected chi connectivity index (χ1v) is 9.44. The van der Waals surface area contributed by atoms with Gasteiger partial charge in [0.2, 0.25) is 0 Å². The van der Waals surface area contributed by atoms with Gasteiger partial charge in [-0.2, -0.15) is 0 Å². The molecular weight excluding hydrogens is 323 g/mol. The summed E-state index contributed by atoms with van der Waals surface area (Å²) in [6.45, 7) is 5.67. The van der Waals surface area contributed by atoms with Gasteiger partial charge in [0, 0.05) is 45.5 Å². The standard InChI is InChI=1S/C19H27FN2O3/c20-17-2-1-7-21-18(17)25-16-12-19(24-14-16)5-8-22(9-6-19)13-15-3-10-23-11-4-15/h1-2,7,15-16H,3-6,8-14H2/t16-/m1/s1. The number of hydrogen-bond acceptors (Lipinski definition) is 5.